The van der Waals surface area contributed by atoms with Gasteiger partial charge in [-0.25, -0.2) is 0 Å². The molecule has 2 aromatic rings. The second-order valence-electron chi connectivity index (χ2n) is 8.89. The predicted octanol–water partition coefficient (Wildman–Crippen LogP) is 1.23. The molecule has 0 fully saturated rings. The Hall–Kier alpha value is -3.05. The Morgan fingerprint density at radius 3 is 2.65 bits per heavy atom. The van der Waals surface area contributed by atoms with Gasteiger partial charge < -0.3 is 31.4 Å². The molecule has 0 bridgehead atoms. The zero-order chi connectivity index (χ0) is 25.0. The van der Waals surface area contributed by atoms with Crippen molar-refractivity contribution in [3.63, 3.8) is 0 Å². The summed E-state index contributed by atoms with van der Waals surface area (Å²) in [7, 11) is 2.58. The third-order valence-electron chi connectivity index (χ3n) is 5.81. The summed E-state index contributed by atoms with van der Waals surface area (Å²) in [5.41, 5.74) is 14.1. The first-order chi connectivity index (χ1) is 16.1. The third-order valence-corrected chi connectivity index (χ3v) is 5.81. The summed E-state index contributed by atoms with van der Waals surface area (Å²) >= 11 is 0. The average molecular weight is 466 g/mol. The number of rotatable bonds is 9. The van der Waals surface area contributed by atoms with Crippen LogP contribution in [0, 0.1) is 0 Å². The van der Waals surface area contributed by atoms with Gasteiger partial charge in [0, 0.05) is 36.6 Å². The lowest BCUT2D eigenvalue weighted by Gasteiger charge is -2.28. The fourth-order valence-electron chi connectivity index (χ4n) is 3.97. The quantitative estimate of drug-likeness (QED) is 0.319. The van der Waals surface area contributed by atoms with Crippen molar-refractivity contribution in [1.82, 2.24) is 4.90 Å². The van der Waals surface area contributed by atoms with E-state index >= 15 is 0 Å². The molecule has 9 nitrogen and oxygen atoms in total. The molecule has 2 atom stereocenters. The molecule has 10 heteroatoms. The van der Waals surface area contributed by atoms with Crippen LogP contribution in [-0.2, 0) is 17.8 Å². The van der Waals surface area contributed by atoms with Gasteiger partial charge >= 0.3 is 7.12 Å². The van der Waals surface area contributed by atoms with Crippen molar-refractivity contribution in [1.29, 1.82) is 0 Å². The van der Waals surface area contributed by atoms with E-state index in [1.54, 1.807) is 30.3 Å². The van der Waals surface area contributed by atoms with E-state index in [2.05, 4.69) is 5.32 Å². The van der Waals surface area contributed by atoms with Crippen LogP contribution in [0.3, 0.4) is 0 Å². The number of Topliss-reactive ketones (excluding diaryl/α,β-unsaturated/α-hetero) is 2. The molecule has 34 heavy (non-hydrogen) atoms. The van der Waals surface area contributed by atoms with E-state index in [0.717, 1.165) is 11.1 Å². The van der Waals surface area contributed by atoms with Crippen LogP contribution in [0.1, 0.15) is 45.2 Å². The number of ketones is 2. The van der Waals surface area contributed by atoms with E-state index in [-0.39, 0.29) is 24.5 Å². The third kappa shape index (κ3) is 5.90. The predicted molar refractivity (Wildman–Crippen MR) is 131 cm³/mol. The van der Waals surface area contributed by atoms with Crippen LogP contribution in [0.4, 0.5) is 5.69 Å². The van der Waals surface area contributed by atoms with Gasteiger partial charge in [0.2, 0.25) is 5.91 Å². The minimum absolute atomic E-state index is 0.000145. The van der Waals surface area contributed by atoms with Gasteiger partial charge in [-0.3, -0.25) is 14.4 Å². The molecular formula is C24H31BN4O5. The lowest BCUT2D eigenvalue weighted by Crippen LogP contribution is -2.41. The van der Waals surface area contributed by atoms with Crippen molar-refractivity contribution >= 4 is 30.3 Å². The van der Waals surface area contributed by atoms with Crippen molar-refractivity contribution in [2.24, 2.45) is 11.5 Å². The first-order valence-electron chi connectivity index (χ1n) is 11.2. The summed E-state index contributed by atoms with van der Waals surface area (Å²) < 4.78 is 5.65. The monoisotopic (exact) mass is 466 g/mol. The Morgan fingerprint density at radius 1 is 1.26 bits per heavy atom. The van der Waals surface area contributed by atoms with E-state index in [1.807, 2.05) is 25.1 Å². The van der Waals surface area contributed by atoms with Crippen molar-refractivity contribution < 1.29 is 24.1 Å². The highest BCUT2D eigenvalue weighted by Crippen LogP contribution is 2.37. The molecule has 2 aromatic carbocycles. The van der Waals surface area contributed by atoms with E-state index in [9.17, 15) is 19.4 Å². The maximum absolute atomic E-state index is 13.1. The zero-order valence-corrected chi connectivity index (χ0v) is 19.7. The van der Waals surface area contributed by atoms with E-state index in [4.69, 9.17) is 16.1 Å². The van der Waals surface area contributed by atoms with Gasteiger partial charge in [-0.1, -0.05) is 24.3 Å². The fraction of sp³-hybridized carbons (Fsp3) is 0.375. The maximum atomic E-state index is 13.1. The van der Waals surface area contributed by atoms with Crippen molar-refractivity contribution in [2.75, 3.05) is 26.0 Å². The van der Waals surface area contributed by atoms with Crippen LogP contribution in [0.2, 0.25) is 5.82 Å². The number of nitrogens with zero attached hydrogens (tertiary/aromatic N) is 1. The molecular weight excluding hydrogens is 435 g/mol. The Bertz CT molecular complexity index is 1090. The number of benzene rings is 2. The van der Waals surface area contributed by atoms with Crippen molar-refractivity contribution in [3.05, 3.63) is 58.7 Å². The van der Waals surface area contributed by atoms with Gasteiger partial charge in [0.25, 0.3) is 0 Å². The molecule has 180 valence electrons. The summed E-state index contributed by atoms with van der Waals surface area (Å²) in [5.74, 6) is -0.886. The summed E-state index contributed by atoms with van der Waals surface area (Å²) in [4.78, 5) is 39.3. The zero-order valence-electron chi connectivity index (χ0n) is 19.7. The largest absolute Gasteiger partial charge is 0.535 e. The number of carbonyl (C=O) groups is 3. The van der Waals surface area contributed by atoms with Gasteiger partial charge in [0.1, 0.15) is 5.75 Å². The van der Waals surface area contributed by atoms with Gasteiger partial charge in [0.15, 0.2) is 11.6 Å². The molecule has 0 radical (unpaired) electrons. The molecule has 0 spiro atoms. The number of para-hydroxylation sites is 1. The number of hydrogen-bond acceptors (Lipinski definition) is 8. The van der Waals surface area contributed by atoms with Gasteiger partial charge in [0.05, 0.1) is 11.6 Å². The topological polar surface area (TPSA) is 148 Å². The summed E-state index contributed by atoms with van der Waals surface area (Å²) in [6, 6.07) is 9.51. The van der Waals surface area contributed by atoms with E-state index < -0.39 is 24.9 Å². The average Bonchev–Trinajstić information content (AvgIpc) is 2.79. The summed E-state index contributed by atoms with van der Waals surface area (Å²) in [6.45, 7) is 1.99. The highest BCUT2D eigenvalue weighted by atomic mass is 16.5. The minimum atomic E-state index is -1.22. The van der Waals surface area contributed by atoms with Crippen LogP contribution in [0.5, 0.6) is 5.75 Å². The minimum Gasteiger partial charge on any atom is -0.535 e. The summed E-state index contributed by atoms with van der Waals surface area (Å²) in [5, 5.41) is 13.3. The van der Waals surface area contributed by atoms with Crippen LogP contribution in [0.15, 0.2) is 36.4 Å². The fourth-order valence-corrected chi connectivity index (χ4v) is 3.97. The molecule has 0 aromatic heterocycles. The molecule has 1 aliphatic rings. The normalized spacial score (nSPS) is 16.0. The molecule has 0 aliphatic carbocycles. The Kier molecular flexibility index (Phi) is 8.21. The Labute approximate surface area is 199 Å². The number of anilines is 1. The van der Waals surface area contributed by atoms with Crippen LogP contribution in [-0.4, -0.2) is 61.2 Å². The summed E-state index contributed by atoms with van der Waals surface area (Å²) in [6.07, 6.45) is 0.435. The van der Waals surface area contributed by atoms with Gasteiger partial charge in [-0.2, -0.15) is 0 Å². The molecule has 1 aliphatic heterocycles. The molecule has 6 N–H and O–H groups in total. The number of nitrogens with one attached hydrogen (secondary N) is 1. The Balaban J connectivity index is 1.81. The number of nitrogens with two attached hydrogens (primary N) is 2. The van der Waals surface area contributed by atoms with Crippen LogP contribution < -0.4 is 21.4 Å². The maximum Gasteiger partial charge on any atom is 0.526 e. The van der Waals surface area contributed by atoms with Crippen LogP contribution in [0.25, 0.3) is 0 Å². The highest BCUT2D eigenvalue weighted by Gasteiger charge is 2.37. The lowest BCUT2D eigenvalue weighted by atomic mass is 9.64. The van der Waals surface area contributed by atoms with Crippen molar-refractivity contribution in [3.8, 4) is 5.75 Å². The SMILES string of the molecule is CC(=O)c1cccc2c1OB(O)[C@@H](CC(=O)c1ccc(CN(C)C)c(NC(=O)[C@@H](N)CN)c1)C2. The van der Waals surface area contributed by atoms with E-state index in [0.29, 0.717) is 35.5 Å². The molecule has 0 saturated carbocycles. The number of hydrogen-bond donors (Lipinski definition) is 4. The number of fused-ring (bicyclic) bond motifs is 1. The number of amides is 1. The molecule has 0 saturated heterocycles. The second kappa shape index (κ2) is 10.9. The molecule has 1 heterocycles. The second-order valence-corrected chi connectivity index (χ2v) is 8.89. The van der Waals surface area contributed by atoms with E-state index in [1.165, 1.54) is 6.92 Å². The van der Waals surface area contributed by atoms with Crippen molar-refractivity contribution in [2.45, 2.75) is 38.2 Å². The molecule has 0 unspecified atom stereocenters. The van der Waals surface area contributed by atoms with Crippen LogP contribution >= 0.6 is 0 Å². The Morgan fingerprint density at radius 2 is 2.00 bits per heavy atom. The molecule has 3 rings (SSSR count). The number of carbonyl (C=O) groups excluding carboxylic acids is 3. The smallest absolute Gasteiger partial charge is 0.526 e. The first-order valence-corrected chi connectivity index (χ1v) is 11.2. The standard InChI is InChI=1S/C24H31BN4O5/c1-14(30)19-6-4-5-16-9-18(25(33)34-23(16)19)11-22(31)15-7-8-17(13-29(2)3)21(10-15)28-24(32)20(27)12-26/h4-8,10,18,20,33H,9,11-13,26-27H2,1-3H3,(H,28,32)/t18-,20+/m1/s1. The molecule has 1 amide bonds. The first kappa shape index (κ1) is 25.6. The van der Waals surface area contributed by atoms with Gasteiger partial charge in [-0.15, -0.1) is 0 Å². The highest BCUT2D eigenvalue weighted by molar-refractivity contribution is 6.47. The lowest BCUT2D eigenvalue weighted by molar-refractivity contribution is -0.117. The van der Waals surface area contributed by atoms with Gasteiger partial charge in [-0.05, 0) is 50.7 Å².